The second-order valence-electron chi connectivity index (χ2n) is 5.10. The van der Waals surface area contributed by atoms with E-state index in [1.165, 1.54) is 30.4 Å². The average molecular weight is 279 g/mol. The summed E-state index contributed by atoms with van der Waals surface area (Å²) < 4.78 is 0. The first kappa shape index (κ1) is 14.4. The molecule has 2 rings (SSSR count). The molecule has 2 atom stereocenters. The number of rotatable bonds is 6. The van der Waals surface area contributed by atoms with E-state index in [-0.39, 0.29) is 0 Å². The molecule has 0 heterocycles. The zero-order chi connectivity index (χ0) is 13.7. The van der Waals surface area contributed by atoms with Crippen molar-refractivity contribution in [3.05, 3.63) is 35.4 Å². The van der Waals surface area contributed by atoms with Crippen LogP contribution in [0.2, 0.25) is 0 Å². The summed E-state index contributed by atoms with van der Waals surface area (Å²) in [4.78, 5) is 10.6. The summed E-state index contributed by atoms with van der Waals surface area (Å²) in [5.74, 6) is 1.62. The molecule has 0 aliphatic heterocycles. The number of carboxylic acids is 1. The maximum atomic E-state index is 10.6. The first-order chi connectivity index (χ1) is 9.18. The van der Waals surface area contributed by atoms with Gasteiger partial charge >= 0.3 is 5.97 Å². The van der Waals surface area contributed by atoms with Crippen molar-refractivity contribution in [1.82, 2.24) is 0 Å². The third-order valence-corrected chi connectivity index (χ3v) is 4.87. The number of aliphatic carboxylic acids is 1. The maximum Gasteiger partial charge on any atom is 0.320 e. The average Bonchev–Trinajstić information content (AvgIpc) is 2.43. The zero-order valence-electron chi connectivity index (χ0n) is 11.0. The van der Waals surface area contributed by atoms with Crippen molar-refractivity contribution < 1.29 is 9.90 Å². The van der Waals surface area contributed by atoms with Crippen molar-refractivity contribution in [3.8, 4) is 0 Å². The lowest BCUT2D eigenvalue weighted by molar-refractivity contribution is -0.138. The predicted molar refractivity (Wildman–Crippen MR) is 79.7 cm³/mol. The van der Waals surface area contributed by atoms with Gasteiger partial charge in [0.2, 0.25) is 0 Å². The molecule has 19 heavy (non-hydrogen) atoms. The van der Waals surface area contributed by atoms with Crippen LogP contribution in [0.4, 0.5) is 0 Å². The van der Waals surface area contributed by atoms with Gasteiger partial charge in [-0.15, -0.1) is 0 Å². The fourth-order valence-electron chi connectivity index (χ4n) is 2.59. The maximum absolute atomic E-state index is 10.6. The van der Waals surface area contributed by atoms with Gasteiger partial charge in [0.15, 0.2) is 0 Å². The molecule has 104 valence electrons. The Hall–Kier alpha value is -1.00. The Morgan fingerprint density at radius 2 is 2.26 bits per heavy atom. The van der Waals surface area contributed by atoms with Crippen LogP contribution in [0, 0.1) is 0 Å². The summed E-state index contributed by atoms with van der Waals surface area (Å²) in [6.07, 6.45) is 4.25. The van der Waals surface area contributed by atoms with E-state index in [4.69, 9.17) is 10.8 Å². The fourth-order valence-corrected chi connectivity index (χ4v) is 3.81. The second-order valence-corrected chi connectivity index (χ2v) is 6.25. The molecule has 0 saturated heterocycles. The second kappa shape index (κ2) is 6.96. The molecule has 1 aromatic carbocycles. The van der Waals surface area contributed by atoms with Crippen LogP contribution in [0.15, 0.2) is 24.3 Å². The molecule has 4 heteroatoms. The smallest absolute Gasteiger partial charge is 0.320 e. The van der Waals surface area contributed by atoms with Crippen molar-refractivity contribution >= 4 is 17.7 Å². The van der Waals surface area contributed by atoms with Crippen molar-refractivity contribution in [2.24, 2.45) is 5.73 Å². The monoisotopic (exact) mass is 279 g/mol. The van der Waals surface area contributed by atoms with E-state index in [2.05, 4.69) is 24.3 Å². The Morgan fingerprint density at radius 1 is 1.47 bits per heavy atom. The van der Waals surface area contributed by atoms with Gasteiger partial charge in [-0.2, -0.15) is 11.8 Å². The molecule has 3 N–H and O–H groups in total. The predicted octanol–water partition coefficient (Wildman–Crippen LogP) is 2.64. The minimum Gasteiger partial charge on any atom is -0.480 e. The molecule has 0 amide bonds. The highest BCUT2D eigenvalue weighted by Crippen LogP contribution is 2.33. The third kappa shape index (κ3) is 3.98. The lowest BCUT2D eigenvalue weighted by Crippen LogP contribution is -2.30. The van der Waals surface area contributed by atoms with Crippen LogP contribution in [-0.4, -0.2) is 28.6 Å². The van der Waals surface area contributed by atoms with Crippen molar-refractivity contribution in [3.63, 3.8) is 0 Å². The molecule has 0 fully saturated rings. The Morgan fingerprint density at radius 3 is 3.05 bits per heavy atom. The van der Waals surface area contributed by atoms with Crippen LogP contribution in [0.1, 0.15) is 36.3 Å². The van der Waals surface area contributed by atoms with Crippen LogP contribution < -0.4 is 5.73 Å². The number of fused-ring (bicyclic) bond motifs is 1. The number of aryl methyl sites for hydroxylation is 1. The molecule has 1 aliphatic carbocycles. The number of hydrogen-bond acceptors (Lipinski definition) is 3. The van der Waals surface area contributed by atoms with Crippen LogP contribution in [0.25, 0.3) is 0 Å². The van der Waals surface area contributed by atoms with Crippen LogP contribution >= 0.6 is 11.8 Å². The van der Waals surface area contributed by atoms with Gasteiger partial charge in [0.25, 0.3) is 0 Å². The molecule has 1 aliphatic rings. The minimum atomic E-state index is -0.899. The summed E-state index contributed by atoms with van der Waals surface area (Å²) in [7, 11) is 0. The first-order valence-electron chi connectivity index (χ1n) is 6.82. The highest BCUT2D eigenvalue weighted by molar-refractivity contribution is 7.99. The van der Waals surface area contributed by atoms with E-state index >= 15 is 0 Å². The number of benzene rings is 1. The van der Waals surface area contributed by atoms with Crippen molar-refractivity contribution in [1.29, 1.82) is 0 Å². The largest absolute Gasteiger partial charge is 0.480 e. The first-order valence-corrected chi connectivity index (χ1v) is 7.98. The van der Waals surface area contributed by atoms with Gasteiger partial charge in [-0.3, -0.25) is 4.79 Å². The molecule has 2 unspecified atom stereocenters. The van der Waals surface area contributed by atoms with E-state index in [1.54, 1.807) is 0 Å². The molecule has 0 radical (unpaired) electrons. The van der Waals surface area contributed by atoms with E-state index in [0.717, 1.165) is 11.5 Å². The van der Waals surface area contributed by atoms with Gasteiger partial charge in [-0.1, -0.05) is 24.3 Å². The summed E-state index contributed by atoms with van der Waals surface area (Å²) in [5, 5.41) is 8.73. The van der Waals surface area contributed by atoms with Crippen LogP contribution in [0.3, 0.4) is 0 Å². The molecule has 0 aromatic heterocycles. The third-order valence-electron chi connectivity index (χ3n) is 3.70. The molecular weight excluding hydrogens is 258 g/mol. The lowest BCUT2D eigenvalue weighted by Gasteiger charge is -2.25. The summed E-state index contributed by atoms with van der Waals surface area (Å²) in [6.45, 7) is 0. The molecule has 0 spiro atoms. The minimum absolute atomic E-state index is 0.550. The fraction of sp³-hybridized carbons (Fsp3) is 0.533. The normalized spacial score (nSPS) is 19.7. The van der Waals surface area contributed by atoms with Crippen LogP contribution in [-0.2, 0) is 11.2 Å². The molecule has 3 nitrogen and oxygen atoms in total. The highest BCUT2D eigenvalue weighted by atomic mass is 32.2. The number of nitrogens with two attached hydrogens (primary N) is 1. The highest BCUT2D eigenvalue weighted by Gasteiger charge is 2.19. The zero-order valence-corrected chi connectivity index (χ0v) is 11.9. The molecule has 0 bridgehead atoms. The summed E-state index contributed by atoms with van der Waals surface area (Å²) in [6, 6.07) is 7.98. The Balaban J connectivity index is 1.80. The van der Waals surface area contributed by atoms with Crippen molar-refractivity contribution in [2.45, 2.75) is 37.6 Å². The SMILES string of the molecule is NC(CCSCC1CCCc2ccccc21)C(=O)O. The van der Waals surface area contributed by atoms with E-state index in [0.29, 0.717) is 12.3 Å². The number of thioether (sulfide) groups is 1. The summed E-state index contributed by atoms with van der Waals surface area (Å²) in [5.41, 5.74) is 8.48. The van der Waals surface area contributed by atoms with Gasteiger partial charge in [-0.05, 0) is 48.5 Å². The summed E-state index contributed by atoms with van der Waals surface area (Å²) >= 11 is 1.83. The molecule has 0 saturated carbocycles. The topological polar surface area (TPSA) is 63.3 Å². The van der Waals surface area contributed by atoms with E-state index < -0.39 is 12.0 Å². The van der Waals surface area contributed by atoms with E-state index in [9.17, 15) is 4.79 Å². The lowest BCUT2D eigenvalue weighted by atomic mass is 9.84. The standard InChI is InChI=1S/C15H21NO2S/c16-14(15(17)18)8-9-19-10-12-6-3-5-11-4-1-2-7-13(11)12/h1-2,4,7,12,14H,3,5-6,8-10,16H2,(H,17,18). The van der Waals surface area contributed by atoms with Crippen molar-refractivity contribution in [2.75, 3.05) is 11.5 Å². The van der Waals surface area contributed by atoms with Gasteiger partial charge < -0.3 is 10.8 Å². The van der Waals surface area contributed by atoms with Gasteiger partial charge in [0, 0.05) is 5.75 Å². The number of carboxylic acid groups (broad SMARTS) is 1. The molecular formula is C15H21NO2S. The van der Waals surface area contributed by atoms with Crippen LogP contribution in [0.5, 0.6) is 0 Å². The molecule has 1 aromatic rings. The van der Waals surface area contributed by atoms with Gasteiger partial charge in [0.1, 0.15) is 6.04 Å². The number of hydrogen-bond donors (Lipinski definition) is 2. The number of carbonyl (C=O) groups is 1. The quantitative estimate of drug-likeness (QED) is 0.786. The Labute approximate surface area is 118 Å². The Bertz CT molecular complexity index is 436. The Kier molecular flexibility index (Phi) is 5.28. The van der Waals surface area contributed by atoms with Gasteiger partial charge in [-0.25, -0.2) is 0 Å². The van der Waals surface area contributed by atoms with E-state index in [1.807, 2.05) is 11.8 Å². The van der Waals surface area contributed by atoms with Gasteiger partial charge in [0.05, 0.1) is 0 Å².